The van der Waals surface area contributed by atoms with Gasteiger partial charge in [0.25, 0.3) is 0 Å². The minimum Gasteiger partial charge on any atom is -0.438 e. The number of hydrogen-bond donors (Lipinski definition) is 0. The van der Waals surface area contributed by atoms with Gasteiger partial charge in [0.2, 0.25) is 5.88 Å². The van der Waals surface area contributed by atoms with Gasteiger partial charge in [0.05, 0.1) is 17.1 Å². The van der Waals surface area contributed by atoms with Crippen LogP contribution in [0.2, 0.25) is 0 Å². The van der Waals surface area contributed by atoms with Crippen molar-refractivity contribution in [3.63, 3.8) is 0 Å². The molecule has 1 heterocycles. The lowest BCUT2D eigenvalue weighted by Crippen LogP contribution is -1.97. The molecule has 0 unspecified atom stereocenters. The summed E-state index contributed by atoms with van der Waals surface area (Å²) in [5.41, 5.74) is 1.83. The summed E-state index contributed by atoms with van der Waals surface area (Å²) in [5.74, 6) is 1.91. The van der Waals surface area contributed by atoms with E-state index in [4.69, 9.17) is 16.3 Å². The first-order valence-electron chi connectivity index (χ1n) is 6.44. The maximum Gasteiger partial charge on any atom is 0.222 e. The summed E-state index contributed by atoms with van der Waals surface area (Å²) < 4.78 is 7.81. The highest BCUT2D eigenvalue weighted by Gasteiger charge is 2.15. The maximum atomic E-state index is 6.08. The Bertz CT molecular complexity index is 759. The van der Waals surface area contributed by atoms with Gasteiger partial charge in [-0.3, -0.25) is 0 Å². The second-order valence-corrected chi connectivity index (χ2v) is 4.97. The lowest BCUT2D eigenvalue weighted by molar-refractivity contribution is 0.431. The van der Waals surface area contributed by atoms with Crippen LogP contribution in [0.4, 0.5) is 0 Å². The molecule has 0 aliphatic rings. The molecular formula is C16H15ClN2O. The fourth-order valence-corrected chi connectivity index (χ4v) is 2.66. The van der Waals surface area contributed by atoms with Crippen molar-refractivity contribution in [2.75, 3.05) is 0 Å². The van der Waals surface area contributed by atoms with Gasteiger partial charge in [-0.1, -0.05) is 36.4 Å². The molecule has 0 atom stereocenters. The molecular weight excluding hydrogens is 272 g/mol. The van der Waals surface area contributed by atoms with E-state index < -0.39 is 0 Å². The van der Waals surface area contributed by atoms with E-state index in [2.05, 4.69) is 17.2 Å². The molecule has 4 heteroatoms. The van der Waals surface area contributed by atoms with E-state index in [-0.39, 0.29) is 0 Å². The van der Waals surface area contributed by atoms with E-state index in [0.29, 0.717) is 11.8 Å². The predicted molar refractivity (Wildman–Crippen MR) is 81.5 cm³/mol. The van der Waals surface area contributed by atoms with Crippen LogP contribution in [0.15, 0.2) is 42.5 Å². The van der Waals surface area contributed by atoms with Gasteiger partial charge >= 0.3 is 0 Å². The summed E-state index contributed by atoms with van der Waals surface area (Å²) in [5, 5.41) is 6.59. The number of fused-ring (bicyclic) bond motifs is 1. The Kier molecular flexibility index (Phi) is 3.36. The number of hydrogen-bond acceptors (Lipinski definition) is 2. The summed E-state index contributed by atoms with van der Waals surface area (Å²) in [6, 6.07) is 14.2. The Balaban J connectivity index is 2.10. The van der Waals surface area contributed by atoms with E-state index in [1.54, 1.807) is 4.68 Å². The first-order chi connectivity index (χ1) is 9.70. The van der Waals surface area contributed by atoms with Crippen molar-refractivity contribution < 1.29 is 4.74 Å². The zero-order valence-corrected chi connectivity index (χ0v) is 12.2. The Labute approximate surface area is 122 Å². The molecule has 0 aliphatic heterocycles. The van der Waals surface area contributed by atoms with E-state index in [0.717, 1.165) is 27.8 Å². The number of ether oxygens (including phenoxy) is 1. The van der Waals surface area contributed by atoms with Crippen LogP contribution in [0.3, 0.4) is 0 Å². The summed E-state index contributed by atoms with van der Waals surface area (Å²) >= 11 is 6.00. The molecule has 3 aromatic rings. The van der Waals surface area contributed by atoms with Gasteiger partial charge in [0, 0.05) is 12.4 Å². The molecule has 0 fully saturated rings. The number of aryl methyl sites for hydroxylation is 2. The third kappa shape index (κ3) is 2.14. The van der Waals surface area contributed by atoms with Gasteiger partial charge in [0.15, 0.2) is 0 Å². The van der Waals surface area contributed by atoms with Crippen molar-refractivity contribution in [1.82, 2.24) is 9.78 Å². The standard InChI is InChI=1S/C16H15ClN2O/c1-11-14(10-17)16(19(2)18-11)20-15-9-5-7-12-6-3-4-8-13(12)15/h3-9H,10H2,1-2H3. The zero-order valence-electron chi connectivity index (χ0n) is 11.4. The van der Waals surface area contributed by atoms with Crippen LogP contribution in [-0.4, -0.2) is 9.78 Å². The topological polar surface area (TPSA) is 27.1 Å². The Morgan fingerprint density at radius 2 is 1.90 bits per heavy atom. The SMILES string of the molecule is Cc1nn(C)c(Oc2cccc3ccccc23)c1CCl. The van der Waals surface area contributed by atoms with Crippen LogP contribution in [0, 0.1) is 6.92 Å². The average molecular weight is 287 g/mol. The molecule has 0 spiro atoms. The minimum absolute atomic E-state index is 0.389. The van der Waals surface area contributed by atoms with Crippen molar-refractivity contribution in [3.05, 3.63) is 53.7 Å². The molecule has 0 saturated carbocycles. The Morgan fingerprint density at radius 1 is 1.15 bits per heavy atom. The number of halogens is 1. The molecule has 0 aliphatic carbocycles. The molecule has 20 heavy (non-hydrogen) atoms. The smallest absolute Gasteiger partial charge is 0.222 e. The maximum absolute atomic E-state index is 6.08. The van der Waals surface area contributed by atoms with Crippen molar-refractivity contribution in [2.45, 2.75) is 12.8 Å². The van der Waals surface area contributed by atoms with Gasteiger partial charge in [0.1, 0.15) is 5.75 Å². The van der Waals surface area contributed by atoms with Crippen molar-refractivity contribution in [2.24, 2.45) is 7.05 Å². The van der Waals surface area contributed by atoms with Crippen LogP contribution in [0.1, 0.15) is 11.3 Å². The lowest BCUT2D eigenvalue weighted by Gasteiger charge is -2.10. The van der Waals surface area contributed by atoms with Crippen molar-refractivity contribution >= 4 is 22.4 Å². The van der Waals surface area contributed by atoms with Crippen molar-refractivity contribution in [1.29, 1.82) is 0 Å². The van der Waals surface area contributed by atoms with Gasteiger partial charge in [-0.05, 0) is 18.4 Å². The fraction of sp³-hybridized carbons (Fsp3) is 0.188. The number of benzene rings is 2. The molecule has 0 amide bonds. The van der Waals surface area contributed by atoms with E-state index >= 15 is 0 Å². The molecule has 2 aromatic carbocycles. The third-order valence-electron chi connectivity index (χ3n) is 3.38. The molecule has 3 rings (SSSR count). The Morgan fingerprint density at radius 3 is 2.70 bits per heavy atom. The number of alkyl halides is 1. The summed E-state index contributed by atoms with van der Waals surface area (Å²) in [6.07, 6.45) is 0. The zero-order chi connectivity index (χ0) is 14.1. The van der Waals surface area contributed by atoms with Gasteiger partial charge < -0.3 is 4.74 Å². The molecule has 102 valence electrons. The summed E-state index contributed by atoms with van der Waals surface area (Å²) in [4.78, 5) is 0. The minimum atomic E-state index is 0.389. The molecule has 1 aromatic heterocycles. The lowest BCUT2D eigenvalue weighted by atomic mass is 10.1. The van der Waals surface area contributed by atoms with E-state index in [1.165, 1.54) is 0 Å². The average Bonchev–Trinajstić information content (AvgIpc) is 2.73. The van der Waals surface area contributed by atoms with Crippen LogP contribution >= 0.6 is 11.6 Å². The third-order valence-corrected chi connectivity index (χ3v) is 3.65. The first-order valence-corrected chi connectivity index (χ1v) is 6.98. The molecule has 0 radical (unpaired) electrons. The van der Waals surface area contributed by atoms with Gasteiger partial charge in [-0.15, -0.1) is 11.6 Å². The fourth-order valence-electron chi connectivity index (χ4n) is 2.35. The van der Waals surface area contributed by atoms with Crippen LogP contribution < -0.4 is 4.74 Å². The van der Waals surface area contributed by atoms with Crippen LogP contribution in [-0.2, 0) is 12.9 Å². The predicted octanol–water partition coefficient (Wildman–Crippen LogP) is 4.41. The van der Waals surface area contributed by atoms with Crippen LogP contribution in [0.25, 0.3) is 10.8 Å². The van der Waals surface area contributed by atoms with Gasteiger partial charge in [-0.25, -0.2) is 4.68 Å². The first kappa shape index (κ1) is 13.0. The molecule has 0 bridgehead atoms. The summed E-state index contributed by atoms with van der Waals surface area (Å²) in [6.45, 7) is 1.94. The quantitative estimate of drug-likeness (QED) is 0.667. The highest BCUT2D eigenvalue weighted by Crippen LogP contribution is 2.32. The molecule has 3 nitrogen and oxygen atoms in total. The number of rotatable bonds is 3. The van der Waals surface area contributed by atoms with E-state index in [9.17, 15) is 0 Å². The Hall–Kier alpha value is -2.00. The monoisotopic (exact) mass is 286 g/mol. The van der Waals surface area contributed by atoms with Gasteiger partial charge in [-0.2, -0.15) is 5.10 Å². The summed E-state index contributed by atoms with van der Waals surface area (Å²) in [7, 11) is 1.86. The largest absolute Gasteiger partial charge is 0.438 e. The molecule has 0 saturated heterocycles. The highest BCUT2D eigenvalue weighted by atomic mass is 35.5. The normalized spacial score (nSPS) is 10.9. The van der Waals surface area contributed by atoms with Crippen molar-refractivity contribution in [3.8, 4) is 11.6 Å². The highest BCUT2D eigenvalue weighted by molar-refractivity contribution is 6.17. The van der Waals surface area contributed by atoms with Crippen LogP contribution in [0.5, 0.6) is 11.6 Å². The van der Waals surface area contributed by atoms with E-state index in [1.807, 2.05) is 44.3 Å². The number of nitrogens with zero attached hydrogens (tertiary/aromatic N) is 2. The second-order valence-electron chi connectivity index (χ2n) is 4.71. The molecule has 0 N–H and O–H groups in total. The second kappa shape index (κ2) is 5.17. The number of aromatic nitrogens is 2.